The van der Waals surface area contributed by atoms with E-state index in [4.69, 9.17) is 9.47 Å². The first-order chi connectivity index (χ1) is 17.9. The number of fused-ring (bicyclic) bond motifs is 1. The van der Waals surface area contributed by atoms with Gasteiger partial charge in [0.25, 0.3) is 5.91 Å². The molecule has 0 radical (unpaired) electrons. The number of nitrogens with zero attached hydrogens (tertiary/aromatic N) is 1. The summed E-state index contributed by atoms with van der Waals surface area (Å²) in [4.78, 5) is 39.0. The normalized spacial score (nSPS) is 12.7. The Kier molecular flexibility index (Phi) is 8.16. The summed E-state index contributed by atoms with van der Waals surface area (Å²) in [5.41, 5.74) is 3.27. The van der Waals surface area contributed by atoms with Crippen LogP contribution in [0.25, 0.3) is 6.08 Å². The second kappa shape index (κ2) is 11.7. The number of amides is 1. The molecule has 0 atom stereocenters. The largest absolute Gasteiger partial charge is 0.462 e. The molecule has 0 fully saturated rings. The number of ether oxygens (including phenoxy) is 2. The molecule has 1 N–H and O–H groups in total. The number of anilines is 1. The van der Waals surface area contributed by atoms with Crippen molar-refractivity contribution in [2.75, 3.05) is 11.9 Å². The molecule has 0 spiro atoms. The molecule has 37 heavy (non-hydrogen) atoms. The summed E-state index contributed by atoms with van der Waals surface area (Å²) in [5, 5.41) is 12.8. The molecule has 3 aromatic rings. The van der Waals surface area contributed by atoms with E-state index in [0.717, 1.165) is 41.7 Å². The van der Waals surface area contributed by atoms with Crippen LogP contribution in [0.15, 0.2) is 54.1 Å². The fourth-order valence-corrected chi connectivity index (χ4v) is 5.32. The van der Waals surface area contributed by atoms with Crippen LogP contribution in [0.2, 0.25) is 0 Å². The zero-order valence-electron chi connectivity index (χ0n) is 20.6. The third kappa shape index (κ3) is 6.13. The minimum atomic E-state index is -0.610. The van der Waals surface area contributed by atoms with Crippen LogP contribution < -0.4 is 10.1 Å². The fourth-order valence-electron chi connectivity index (χ4n) is 4.05. The molecule has 1 heterocycles. The van der Waals surface area contributed by atoms with Gasteiger partial charge in [-0.3, -0.25) is 4.79 Å². The van der Waals surface area contributed by atoms with Gasteiger partial charge >= 0.3 is 11.9 Å². The lowest BCUT2D eigenvalue weighted by Gasteiger charge is -2.12. The van der Waals surface area contributed by atoms with Gasteiger partial charge in [-0.1, -0.05) is 29.8 Å². The maximum absolute atomic E-state index is 13.0. The van der Waals surface area contributed by atoms with Gasteiger partial charge in [0, 0.05) is 4.88 Å². The Morgan fingerprint density at radius 1 is 1.03 bits per heavy atom. The number of hydrogen-bond acceptors (Lipinski definition) is 7. The van der Waals surface area contributed by atoms with E-state index in [1.807, 2.05) is 25.1 Å². The Morgan fingerprint density at radius 2 is 1.73 bits per heavy atom. The van der Waals surface area contributed by atoms with Crippen LogP contribution in [0.1, 0.15) is 62.0 Å². The van der Waals surface area contributed by atoms with Crippen LogP contribution in [0.3, 0.4) is 0 Å². The van der Waals surface area contributed by atoms with Crippen LogP contribution >= 0.6 is 11.3 Å². The first kappa shape index (κ1) is 25.9. The zero-order chi connectivity index (χ0) is 26.4. The lowest BCUT2D eigenvalue weighted by Crippen LogP contribution is -2.16. The molecule has 1 aliphatic carbocycles. The quantitative estimate of drug-likeness (QED) is 0.183. The van der Waals surface area contributed by atoms with E-state index < -0.39 is 17.8 Å². The highest BCUT2D eigenvalue weighted by molar-refractivity contribution is 7.17. The van der Waals surface area contributed by atoms with Crippen LogP contribution in [0, 0.1) is 18.3 Å². The minimum Gasteiger partial charge on any atom is -0.462 e. The molecular weight excluding hydrogens is 488 g/mol. The molecule has 1 amide bonds. The molecule has 4 rings (SSSR count). The average Bonchev–Trinajstić information content (AvgIpc) is 3.26. The van der Waals surface area contributed by atoms with Gasteiger partial charge in [-0.2, -0.15) is 5.26 Å². The monoisotopic (exact) mass is 514 g/mol. The van der Waals surface area contributed by atoms with Crippen molar-refractivity contribution in [3.05, 3.63) is 86.8 Å². The van der Waals surface area contributed by atoms with Gasteiger partial charge in [0.2, 0.25) is 0 Å². The number of nitrogens with one attached hydrogen (secondary N) is 1. The smallest absolute Gasteiger partial charge is 0.343 e. The third-order valence-electron chi connectivity index (χ3n) is 5.93. The number of aryl methyl sites for hydroxylation is 2. The summed E-state index contributed by atoms with van der Waals surface area (Å²) in [6.45, 7) is 3.90. The molecule has 188 valence electrons. The molecule has 0 saturated carbocycles. The fraction of sp³-hybridized carbons (Fsp3) is 0.241. The van der Waals surface area contributed by atoms with Crippen molar-refractivity contribution < 1.29 is 23.9 Å². The van der Waals surface area contributed by atoms with Crippen molar-refractivity contribution in [3.8, 4) is 11.8 Å². The van der Waals surface area contributed by atoms with Crippen molar-refractivity contribution in [2.24, 2.45) is 0 Å². The number of benzene rings is 2. The molecule has 8 heteroatoms. The summed E-state index contributed by atoms with van der Waals surface area (Å²) in [5.74, 6) is -1.21. The van der Waals surface area contributed by atoms with Gasteiger partial charge in [-0.15, -0.1) is 11.3 Å². The van der Waals surface area contributed by atoms with E-state index in [1.165, 1.54) is 17.4 Å². The van der Waals surface area contributed by atoms with Crippen LogP contribution in [0.4, 0.5) is 5.00 Å². The van der Waals surface area contributed by atoms with E-state index in [9.17, 15) is 19.6 Å². The highest BCUT2D eigenvalue weighted by Gasteiger charge is 2.27. The predicted octanol–water partition coefficient (Wildman–Crippen LogP) is 5.88. The third-order valence-corrected chi connectivity index (χ3v) is 7.14. The molecule has 0 bridgehead atoms. The van der Waals surface area contributed by atoms with Crippen LogP contribution in [0.5, 0.6) is 5.75 Å². The zero-order valence-corrected chi connectivity index (χ0v) is 21.4. The molecule has 1 aromatic heterocycles. The highest BCUT2D eigenvalue weighted by atomic mass is 32.1. The number of thiophene rings is 1. The lowest BCUT2D eigenvalue weighted by atomic mass is 9.95. The summed E-state index contributed by atoms with van der Waals surface area (Å²) in [7, 11) is 0. The molecule has 2 aromatic carbocycles. The molecule has 7 nitrogen and oxygen atoms in total. The van der Waals surface area contributed by atoms with Crippen molar-refractivity contribution in [1.82, 2.24) is 0 Å². The van der Waals surface area contributed by atoms with Crippen LogP contribution in [-0.2, 0) is 22.4 Å². The number of nitriles is 1. The summed E-state index contributed by atoms with van der Waals surface area (Å²) < 4.78 is 10.6. The number of esters is 2. The summed E-state index contributed by atoms with van der Waals surface area (Å²) >= 11 is 1.37. The number of carbonyl (C=O) groups excluding carboxylic acids is 3. The Balaban J connectivity index is 1.49. The van der Waals surface area contributed by atoms with Gasteiger partial charge in [0.05, 0.1) is 17.7 Å². The average molecular weight is 515 g/mol. The number of carbonyl (C=O) groups is 3. The van der Waals surface area contributed by atoms with Gasteiger partial charge in [0.1, 0.15) is 22.4 Å². The number of hydrogen-bond donors (Lipinski definition) is 1. The Morgan fingerprint density at radius 3 is 2.41 bits per heavy atom. The van der Waals surface area contributed by atoms with Crippen molar-refractivity contribution in [2.45, 2.75) is 39.5 Å². The first-order valence-electron chi connectivity index (χ1n) is 12.0. The first-order valence-corrected chi connectivity index (χ1v) is 12.8. The highest BCUT2D eigenvalue weighted by Crippen LogP contribution is 2.38. The molecule has 0 unspecified atom stereocenters. The van der Waals surface area contributed by atoms with Gasteiger partial charge in [-0.05, 0) is 81.0 Å². The Labute approximate surface area is 219 Å². The predicted molar refractivity (Wildman–Crippen MR) is 142 cm³/mol. The molecular formula is C29H26N2O5S. The van der Waals surface area contributed by atoms with Gasteiger partial charge in [-0.25, -0.2) is 9.59 Å². The van der Waals surface area contributed by atoms with E-state index in [1.54, 1.807) is 43.3 Å². The lowest BCUT2D eigenvalue weighted by molar-refractivity contribution is -0.112. The molecule has 0 aliphatic heterocycles. The van der Waals surface area contributed by atoms with Gasteiger partial charge in [0.15, 0.2) is 0 Å². The van der Waals surface area contributed by atoms with E-state index in [2.05, 4.69) is 5.32 Å². The van der Waals surface area contributed by atoms with E-state index >= 15 is 0 Å². The van der Waals surface area contributed by atoms with Crippen molar-refractivity contribution in [3.63, 3.8) is 0 Å². The standard InChI is InChI=1S/C29H26N2O5S/c1-3-35-29(34)25-23-6-4-5-7-24(23)37-27(25)31-26(32)21(17-30)16-19-10-14-22(15-11-19)36-28(33)20-12-8-18(2)9-13-20/h8-16H,3-7H2,1-2H3,(H,31,32)/b21-16-. The molecule has 1 aliphatic rings. The minimum absolute atomic E-state index is 0.120. The van der Waals surface area contributed by atoms with E-state index in [-0.39, 0.29) is 12.2 Å². The maximum Gasteiger partial charge on any atom is 0.343 e. The summed E-state index contributed by atoms with van der Waals surface area (Å²) in [6, 6.07) is 15.5. The SMILES string of the molecule is CCOC(=O)c1c(NC(=O)/C(C#N)=C\c2ccc(OC(=O)c3ccc(C)cc3)cc2)sc2c1CCCC2. The number of rotatable bonds is 7. The second-order valence-corrected chi connectivity index (χ2v) is 9.69. The van der Waals surface area contributed by atoms with E-state index in [0.29, 0.717) is 27.4 Å². The Bertz CT molecular complexity index is 1400. The van der Waals surface area contributed by atoms with Crippen molar-refractivity contribution >= 4 is 40.3 Å². The van der Waals surface area contributed by atoms with Gasteiger partial charge < -0.3 is 14.8 Å². The summed E-state index contributed by atoms with van der Waals surface area (Å²) in [6.07, 6.45) is 5.06. The second-order valence-electron chi connectivity index (χ2n) is 8.58. The maximum atomic E-state index is 13.0. The molecule has 0 saturated heterocycles. The topological polar surface area (TPSA) is 105 Å². The van der Waals surface area contributed by atoms with Crippen LogP contribution in [-0.4, -0.2) is 24.5 Å². The van der Waals surface area contributed by atoms with Crippen molar-refractivity contribution in [1.29, 1.82) is 5.26 Å². The Hall–Kier alpha value is -4.22.